The minimum absolute atomic E-state index is 0.389. The second-order valence-electron chi connectivity index (χ2n) is 5.05. The summed E-state index contributed by atoms with van der Waals surface area (Å²) in [4.78, 5) is 0. The first-order valence-electron chi connectivity index (χ1n) is 5.33. The van der Waals surface area contributed by atoms with Crippen molar-refractivity contribution in [1.29, 1.82) is 0 Å². The Hall–Kier alpha value is 0.230. The summed E-state index contributed by atoms with van der Waals surface area (Å²) in [7, 11) is 0. The second-order valence-corrected chi connectivity index (χ2v) is 6.37. The lowest BCUT2D eigenvalue weighted by molar-refractivity contribution is -0.874. The zero-order chi connectivity index (χ0) is 8.63. The number of hydrogen-bond acceptors (Lipinski definition) is 3. The predicted molar refractivity (Wildman–Crippen MR) is 53.1 cm³/mol. The predicted octanol–water partition coefficient (Wildman–Crippen LogP) is -0.323. The third-order valence-corrected chi connectivity index (χ3v) is 5.55. The first kappa shape index (κ1) is 7.51. The van der Waals surface area contributed by atoms with E-state index in [1.165, 1.54) is 30.4 Å². The van der Waals surface area contributed by atoms with Crippen molar-refractivity contribution in [3.8, 4) is 0 Å². The molecule has 4 fully saturated rings. The van der Waals surface area contributed by atoms with Crippen molar-refractivity contribution in [1.82, 2.24) is 5.32 Å². The number of piperidine rings is 1. The number of hydrogen-bond donors (Lipinski definition) is 2. The van der Waals surface area contributed by atoms with Crippen molar-refractivity contribution in [2.45, 2.75) is 41.7 Å². The fraction of sp³-hybridized carbons (Fsp3) is 1.00. The summed E-state index contributed by atoms with van der Waals surface area (Å²) >= 11 is 1.88. The molecule has 0 radical (unpaired) electrons. The summed E-state index contributed by atoms with van der Waals surface area (Å²) in [6, 6.07) is 2.81. The maximum absolute atomic E-state index is 5.78. The number of nitrogens with one attached hydrogen (secondary N) is 1. The molecular formula is C9H16N3S+. The monoisotopic (exact) mass is 198 g/mol. The fourth-order valence-electron chi connectivity index (χ4n) is 3.53. The molecule has 0 aromatic heterocycles. The van der Waals surface area contributed by atoms with E-state index in [2.05, 4.69) is 5.32 Å². The van der Waals surface area contributed by atoms with E-state index < -0.39 is 0 Å². The Morgan fingerprint density at radius 2 is 2.31 bits per heavy atom. The molecule has 72 valence electrons. The summed E-state index contributed by atoms with van der Waals surface area (Å²) in [6.07, 6.45) is 2.91. The summed E-state index contributed by atoms with van der Waals surface area (Å²) in [5.41, 5.74) is 5.78. The molecule has 0 aromatic carbocycles. The molecule has 4 heterocycles. The van der Waals surface area contributed by atoms with Gasteiger partial charge in [-0.2, -0.15) is 0 Å². The minimum atomic E-state index is 0.389. The van der Waals surface area contributed by atoms with Crippen molar-refractivity contribution < 1.29 is 4.48 Å². The van der Waals surface area contributed by atoms with E-state index in [9.17, 15) is 0 Å². The molecule has 4 aliphatic heterocycles. The van der Waals surface area contributed by atoms with Gasteiger partial charge in [0.15, 0.2) is 6.04 Å². The molecule has 3 nitrogen and oxygen atoms in total. The summed E-state index contributed by atoms with van der Waals surface area (Å²) in [5, 5.41) is 4.69. The number of rotatable bonds is 2. The molecule has 3 N–H and O–H groups in total. The Morgan fingerprint density at radius 1 is 1.46 bits per heavy atom. The van der Waals surface area contributed by atoms with Gasteiger partial charge < -0.3 is 10.2 Å². The van der Waals surface area contributed by atoms with Gasteiger partial charge in [0.25, 0.3) is 0 Å². The molecule has 4 rings (SSSR count). The first-order chi connectivity index (χ1) is 6.29. The summed E-state index contributed by atoms with van der Waals surface area (Å²) in [5.74, 6) is 0. The van der Waals surface area contributed by atoms with Crippen LogP contribution >= 0.6 is 11.8 Å². The van der Waals surface area contributed by atoms with Crippen LogP contribution in [0.3, 0.4) is 0 Å². The molecule has 0 bridgehead atoms. The summed E-state index contributed by atoms with van der Waals surface area (Å²) in [6.45, 7) is 2.94. The van der Waals surface area contributed by atoms with Crippen molar-refractivity contribution in [2.24, 2.45) is 5.73 Å². The molecule has 4 aliphatic rings. The van der Waals surface area contributed by atoms with Crippen LogP contribution in [-0.2, 0) is 0 Å². The Labute approximate surface area is 82.6 Å². The molecule has 6 unspecified atom stereocenters. The van der Waals surface area contributed by atoms with Crippen molar-refractivity contribution in [3.63, 3.8) is 0 Å². The fourth-order valence-corrected chi connectivity index (χ4v) is 4.11. The number of thioether (sulfide) groups is 1. The van der Waals surface area contributed by atoms with Gasteiger partial charge in [-0.1, -0.05) is 0 Å². The number of nitrogens with zero attached hydrogens (tertiary/aromatic N) is 1. The van der Waals surface area contributed by atoms with Gasteiger partial charge in [0.05, 0.1) is 29.4 Å². The van der Waals surface area contributed by atoms with Gasteiger partial charge in [0.2, 0.25) is 0 Å². The molecular weight excluding hydrogens is 182 g/mol. The average molecular weight is 198 g/mol. The molecule has 0 amide bonds. The average Bonchev–Trinajstić information content (AvgIpc) is 2.91. The molecule has 4 heteroatoms. The highest BCUT2D eigenvalue weighted by molar-refractivity contribution is 8.07. The normalized spacial score (nSPS) is 66.7. The van der Waals surface area contributed by atoms with E-state index in [-0.39, 0.29) is 0 Å². The lowest BCUT2D eigenvalue weighted by Gasteiger charge is -2.34. The van der Waals surface area contributed by atoms with Crippen LogP contribution in [0.25, 0.3) is 0 Å². The van der Waals surface area contributed by atoms with Gasteiger partial charge in [0.1, 0.15) is 6.54 Å². The lowest BCUT2D eigenvalue weighted by Crippen LogP contribution is -2.48. The highest BCUT2D eigenvalue weighted by atomic mass is 32.2. The van der Waals surface area contributed by atoms with Gasteiger partial charge in [0, 0.05) is 12.8 Å². The SMILES string of the molecule is NC1SC1NC1CC2CC[N+]23CC13. The smallest absolute Gasteiger partial charge is 0.155 e. The third kappa shape index (κ3) is 0.832. The second kappa shape index (κ2) is 2.08. The van der Waals surface area contributed by atoms with E-state index in [0.29, 0.717) is 10.7 Å². The Bertz CT molecular complexity index is 272. The largest absolute Gasteiger partial charge is 0.317 e. The Kier molecular flexibility index (Phi) is 1.20. The van der Waals surface area contributed by atoms with Crippen LogP contribution in [-0.4, -0.2) is 46.4 Å². The van der Waals surface area contributed by atoms with Crippen LogP contribution < -0.4 is 11.1 Å². The molecule has 6 atom stereocenters. The van der Waals surface area contributed by atoms with Gasteiger partial charge in [-0.05, 0) is 0 Å². The van der Waals surface area contributed by atoms with E-state index >= 15 is 0 Å². The number of nitrogens with two attached hydrogens (primary N) is 1. The van der Waals surface area contributed by atoms with Gasteiger partial charge >= 0.3 is 0 Å². The van der Waals surface area contributed by atoms with Crippen LogP contribution in [0, 0.1) is 0 Å². The Morgan fingerprint density at radius 3 is 2.69 bits per heavy atom. The van der Waals surface area contributed by atoms with Crippen LogP contribution in [0.4, 0.5) is 0 Å². The van der Waals surface area contributed by atoms with Gasteiger partial charge in [-0.15, -0.1) is 11.8 Å². The van der Waals surface area contributed by atoms with E-state index in [1.807, 2.05) is 11.8 Å². The summed E-state index contributed by atoms with van der Waals surface area (Å²) < 4.78 is 1.49. The zero-order valence-corrected chi connectivity index (χ0v) is 8.46. The highest BCUT2D eigenvalue weighted by Crippen LogP contribution is 2.54. The standard InChI is InChI=1S/C9H16N3S/c10-8-9(13-8)11-6-3-5-1-2-12(5)4-7(6)12/h5-9,11H,1-4,10H2/q+1. The zero-order valence-electron chi connectivity index (χ0n) is 7.65. The lowest BCUT2D eigenvalue weighted by atomic mass is 9.99. The minimum Gasteiger partial charge on any atom is -0.317 e. The maximum Gasteiger partial charge on any atom is 0.155 e. The quantitative estimate of drug-likeness (QED) is 0.472. The maximum atomic E-state index is 5.78. The third-order valence-electron chi connectivity index (χ3n) is 4.55. The molecule has 4 saturated heterocycles. The topological polar surface area (TPSA) is 38.0 Å². The molecule has 1 spiro atoms. The van der Waals surface area contributed by atoms with Crippen molar-refractivity contribution >= 4 is 11.8 Å². The Balaban J connectivity index is 1.46. The van der Waals surface area contributed by atoms with Gasteiger partial charge in [-0.25, -0.2) is 0 Å². The van der Waals surface area contributed by atoms with Crippen LogP contribution in [0.5, 0.6) is 0 Å². The van der Waals surface area contributed by atoms with Crippen LogP contribution in [0.2, 0.25) is 0 Å². The van der Waals surface area contributed by atoms with E-state index in [0.717, 1.165) is 18.1 Å². The molecule has 13 heavy (non-hydrogen) atoms. The van der Waals surface area contributed by atoms with Crippen LogP contribution in [0.1, 0.15) is 12.8 Å². The van der Waals surface area contributed by atoms with Crippen molar-refractivity contribution in [3.05, 3.63) is 0 Å². The van der Waals surface area contributed by atoms with Gasteiger partial charge in [-0.3, -0.25) is 5.32 Å². The van der Waals surface area contributed by atoms with Crippen LogP contribution in [0.15, 0.2) is 0 Å². The first-order valence-corrected chi connectivity index (χ1v) is 6.27. The highest BCUT2D eigenvalue weighted by Gasteiger charge is 2.73. The number of quaternary nitrogens is 1. The molecule has 0 saturated carbocycles. The molecule has 0 aliphatic carbocycles. The van der Waals surface area contributed by atoms with E-state index in [4.69, 9.17) is 5.73 Å². The molecule has 0 aromatic rings. The van der Waals surface area contributed by atoms with E-state index in [1.54, 1.807) is 0 Å². The van der Waals surface area contributed by atoms with Crippen molar-refractivity contribution in [2.75, 3.05) is 13.1 Å².